The van der Waals surface area contributed by atoms with E-state index in [9.17, 15) is 5.11 Å². The summed E-state index contributed by atoms with van der Waals surface area (Å²) in [6.07, 6.45) is 7.16. The molecule has 1 saturated carbocycles. The Morgan fingerprint density at radius 1 is 1.44 bits per heavy atom. The summed E-state index contributed by atoms with van der Waals surface area (Å²) >= 11 is 0. The van der Waals surface area contributed by atoms with Gasteiger partial charge in [-0.15, -0.1) is 0 Å². The summed E-state index contributed by atoms with van der Waals surface area (Å²) in [6.45, 7) is 2.29. The van der Waals surface area contributed by atoms with Gasteiger partial charge in [-0.1, -0.05) is 25.8 Å². The lowest BCUT2D eigenvalue weighted by molar-refractivity contribution is 0.0719. The van der Waals surface area contributed by atoms with E-state index in [1.165, 1.54) is 12.8 Å². The topological polar surface area (TPSA) is 42.4 Å². The van der Waals surface area contributed by atoms with Crippen LogP contribution in [-0.4, -0.2) is 23.3 Å². The summed E-state index contributed by atoms with van der Waals surface area (Å²) in [5, 5.41) is 10.3. The molecule has 1 N–H and O–H groups in total. The Bertz CT molecular complexity index is 363. The minimum absolute atomic E-state index is 0.233. The first kappa shape index (κ1) is 13.3. The van der Waals surface area contributed by atoms with Gasteiger partial charge in [-0.3, -0.25) is 0 Å². The van der Waals surface area contributed by atoms with Gasteiger partial charge in [0, 0.05) is 18.7 Å². The number of aliphatic hydroxyl groups is 1. The van der Waals surface area contributed by atoms with Crippen LogP contribution in [0.1, 0.15) is 38.2 Å². The van der Waals surface area contributed by atoms with Crippen LogP contribution in [0.4, 0.5) is 0 Å². The van der Waals surface area contributed by atoms with Crippen molar-refractivity contribution in [3.8, 4) is 5.88 Å². The van der Waals surface area contributed by atoms with E-state index in [0.717, 1.165) is 24.3 Å². The molecule has 0 aliphatic heterocycles. The Labute approximate surface area is 109 Å². The second kappa shape index (κ2) is 6.19. The largest absolute Gasteiger partial charge is 0.481 e. The molecule has 3 unspecified atom stereocenters. The van der Waals surface area contributed by atoms with E-state index in [2.05, 4.69) is 11.9 Å². The molecule has 0 radical (unpaired) electrons. The fraction of sp³-hybridized carbons (Fsp3) is 0.667. The Morgan fingerprint density at radius 3 is 2.89 bits per heavy atom. The molecule has 3 atom stereocenters. The molecule has 3 heteroatoms. The van der Waals surface area contributed by atoms with Crippen LogP contribution >= 0.6 is 0 Å². The maximum Gasteiger partial charge on any atom is 0.212 e. The van der Waals surface area contributed by atoms with Crippen LogP contribution in [0.5, 0.6) is 5.88 Å². The van der Waals surface area contributed by atoms with Crippen molar-refractivity contribution in [3.05, 3.63) is 23.9 Å². The number of aromatic nitrogens is 1. The smallest absolute Gasteiger partial charge is 0.212 e. The van der Waals surface area contributed by atoms with Crippen molar-refractivity contribution in [1.29, 1.82) is 0 Å². The molecule has 0 spiro atoms. The number of pyridine rings is 1. The predicted molar refractivity (Wildman–Crippen MR) is 71.6 cm³/mol. The van der Waals surface area contributed by atoms with Crippen LogP contribution in [-0.2, 0) is 6.42 Å². The SMILES string of the molecule is COc1ccc(CC(O)C2CCCC(C)C2)cn1. The van der Waals surface area contributed by atoms with Crippen LogP contribution in [0.3, 0.4) is 0 Å². The average Bonchev–Trinajstić information content (AvgIpc) is 2.39. The van der Waals surface area contributed by atoms with E-state index >= 15 is 0 Å². The van der Waals surface area contributed by atoms with Crippen LogP contribution in [0.25, 0.3) is 0 Å². The van der Waals surface area contributed by atoms with E-state index in [-0.39, 0.29) is 6.10 Å². The Morgan fingerprint density at radius 2 is 2.28 bits per heavy atom. The number of rotatable bonds is 4. The third-order valence-electron chi connectivity index (χ3n) is 3.97. The minimum atomic E-state index is -0.233. The molecule has 1 aliphatic rings. The normalized spacial score (nSPS) is 25.7. The van der Waals surface area contributed by atoms with Gasteiger partial charge in [0.05, 0.1) is 13.2 Å². The fourth-order valence-corrected chi connectivity index (χ4v) is 2.89. The minimum Gasteiger partial charge on any atom is -0.481 e. The van der Waals surface area contributed by atoms with Gasteiger partial charge in [-0.2, -0.15) is 0 Å². The van der Waals surface area contributed by atoms with Crippen molar-refractivity contribution in [1.82, 2.24) is 4.98 Å². The second-order valence-corrected chi connectivity index (χ2v) is 5.51. The van der Waals surface area contributed by atoms with E-state index in [1.807, 2.05) is 12.1 Å². The molecule has 0 amide bonds. The van der Waals surface area contributed by atoms with E-state index in [4.69, 9.17) is 4.74 Å². The average molecular weight is 249 g/mol. The molecule has 18 heavy (non-hydrogen) atoms. The van der Waals surface area contributed by atoms with Gasteiger partial charge in [0.15, 0.2) is 0 Å². The summed E-state index contributed by atoms with van der Waals surface area (Å²) in [5.41, 5.74) is 1.08. The van der Waals surface area contributed by atoms with Gasteiger partial charge in [-0.25, -0.2) is 4.98 Å². The van der Waals surface area contributed by atoms with Crippen molar-refractivity contribution in [2.45, 2.75) is 45.1 Å². The van der Waals surface area contributed by atoms with Gasteiger partial charge in [0.25, 0.3) is 0 Å². The van der Waals surface area contributed by atoms with Gasteiger partial charge in [0.1, 0.15) is 0 Å². The summed E-state index contributed by atoms with van der Waals surface area (Å²) < 4.78 is 5.03. The van der Waals surface area contributed by atoms with E-state index < -0.39 is 0 Å². The first-order valence-corrected chi connectivity index (χ1v) is 6.86. The van der Waals surface area contributed by atoms with Gasteiger partial charge >= 0.3 is 0 Å². The van der Waals surface area contributed by atoms with Crippen LogP contribution in [0.15, 0.2) is 18.3 Å². The van der Waals surface area contributed by atoms with Gasteiger partial charge in [0.2, 0.25) is 5.88 Å². The first-order valence-electron chi connectivity index (χ1n) is 6.86. The monoisotopic (exact) mass is 249 g/mol. The molecule has 1 aromatic heterocycles. The van der Waals surface area contributed by atoms with Crippen molar-refractivity contribution in [3.63, 3.8) is 0 Å². The highest BCUT2D eigenvalue weighted by molar-refractivity contribution is 5.18. The molecular formula is C15H23NO2. The summed E-state index contributed by atoms with van der Waals surface area (Å²) in [6, 6.07) is 3.84. The summed E-state index contributed by atoms with van der Waals surface area (Å²) in [7, 11) is 1.61. The van der Waals surface area contributed by atoms with Crippen LogP contribution in [0, 0.1) is 11.8 Å². The Hall–Kier alpha value is -1.09. The molecule has 2 rings (SSSR count). The molecule has 1 heterocycles. The molecule has 0 aromatic carbocycles. The fourth-order valence-electron chi connectivity index (χ4n) is 2.89. The lowest BCUT2D eigenvalue weighted by atomic mass is 9.78. The quantitative estimate of drug-likeness (QED) is 0.892. The first-order chi connectivity index (χ1) is 8.69. The molecule has 1 aliphatic carbocycles. The molecule has 100 valence electrons. The zero-order valence-electron chi connectivity index (χ0n) is 11.3. The number of aliphatic hydroxyl groups excluding tert-OH is 1. The van der Waals surface area contributed by atoms with Crippen LogP contribution in [0.2, 0.25) is 0 Å². The predicted octanol–water partition coefficient (Wildman–Crippen LogP) is 2.82. The molecule has 3 nitrogen and oxygen atoms in total. The molecule has 1 aromatic rings. The van der Waals surface area contributed by atoms with Crippen LogP contribution < -0.4 is 4.74 Å². The molecular weight excluding hydrogens is 226 g/mol. The third kappa shape index (κ3) is 3.45. The maximum absolute atomic E-state index is 10.3. The number of ether oxygens (including phenoxy) is 1. The van der Waals surface area contributed by atoms with Gasteiger partial charge in [-0.05, 0) is 30.2 Å². The zero-order valence-corrected chi connectivity index (χ0v) is 11.3. The number of nitrogens with zero attached hydrogens (tertiary/aromatic N) is 1. The highest BCUT2D eigenvalue weighted by atomic mass is 16.5. The highest BCUT2D eigenvalue weighted by Crippen LogP contribution is 2.31. The van der Waals surface area contributed by atoms with Crippen molar-refractivity contribution in [2.75, 3.05) is 7.11 Å². The van der Waals surface area contributed by atoms with E-state index in [1.54, 1.807) is 13.3 Å². The lowest BCUT2D eigenvalue weighted by Gasteiger charge is -2.30. The van der Waals surface area contributed by atoms with Gasteiger partial charge < -0.3 is 9.84 Å². The zero-order chi connectivity index (χ0) is 13.0. The summed E-state index contributed by atoms with van der Waals surface area (Å²) in [5.74, 6) is 1.84. The van der Waals surface area contributed by atoms with Crippen molar-refractivity contribution < 1.29 is 9.84 Å². The standard InChI is InChI=1S/C15H23NO2/c1-11-4-3-5-13(8-11)14(17)9-12-6-7-15(18-2)16-10-12/h6-7,10-11,13-14,17H,3-5,8-9H2,1-2H3. The number of methoxy groups -OCH3 is 1. The maximum atomic E-state index is 10.3. The number of hydrogen-bond acceptors (Lipinski definition) is 3. The Kier molecular flexibility index (Phi) is 4.59. The molecule has 0 bridgehead atoms. The lowest BCUT2D eigenvalue weighted by Crippen LogP contribution is -2.27. The van der Waals surface area contributed by atoms with E-state index in [0.29, 0.717) is 18.2 Å². The van der Waals surface area contributed by atoms with Crippen molar-refractivity contribution in [2.24, 2.45) is 11.8 Å². The summed E-state index contributed by atoms with van der Waals surface area (Å²) in [4.78, 5) is 4.18. The Balaban J connectivity index is 1.91. The highest BCUT2D eigenvalue weighted by Gasteiger charge is 2.25. The molecule has 0 saturated heterocycles. The third-order valence-corrected chi connectivity index (χ3v) is 3.97. The van der Waals surface area contributed by atoms with Crippen molar-refractivity contribution >= 4 is 0 Å². The molecule has 1 fully saturated rings. The number of hydrogen-bond donors (Lipinski definition) is 1. The second-order valence-electron chi connectivity index (χ2n) is 5.51.